The lowest BCUT2D eigenvalue weighted by Crippen LogP contribution is -2.14. The smallest absolute Gasteiger partial charge is 0.263 e. The molecule has 2 aromatic rings. The van der Waals surface area contributed by atoms with Gasteiger partial charge in [-0.25, -0.2) is 17.8 Å². The van der Waals surface area contributed by atoms with Crippen molar-refractivity contribution < 1.29 is 12.8 Å². The first-order chi connectivity index (χ1) is 8.87. The van der Waals surface area contributed by atoms with Gasteiger partial charge in [0, 0.05) is 5.69 Å². The quantitative estimate of drug-likeness (QED) is 0.672. The molecule has 19 heavy (non-hydrogen) atoms. The summed E-state index contributed by atoms with van der Waals surface area (Å²) in [7, 11) is -3.97. The van der Waals surface area contributed by atoms with E-state index in [0.29, 0.717) is 0 Å². The second-order valence-corrected chi connectivity index (χ2v) is 5.74. The summed E-state index contributed by atoms with van der Waals surface area (Å²) in [6, 6.07) is 7.49. The summed E-state index contributed by atoms with van der Waals surface area (Å²) in [5.74, 6) is -0.699. The summed E-state index contributed by atoms with van der Waals surface area (Å²) in [4.78, 5) is 3.49. The van der Waals surface area contributed by atoms with Crippen molar-refractivity contribution in [1.29, 1.82) is 0 Å². The van der Waals surface area contributed by atoms with Gasteiger partial charge in [0.25, 0.3) is 10.0 Å². The monoisotopic (exact) mass is 301 g/mol. The van der Waals surface area contributed by atoms with Gasteiger partial charge in [0.2, 0.25) is 0 Å². The summed E-state index contributed by atoms with van der Waals surface area (Å²) in [5, 5.41) is 0.138. The third-order valence-electron chi connectivity index (χ3n) is 2.16. The van der Waals surface area contributed by atoms with Crippen molar-refractivity contribution in [2.24, 2.45) is 0 Å². The van der Waals surface area contributed by atoms with Crippen LogP contribution in [0.1, 0.15) is 0 Å². The summed E-state index contributed by atoms with van der Waals surface area (Å²) in [6.07, 6.45) is 0. The fourth-order valence-electron chi connectivity index (χ4n) is 1.40. The molecule has 0 aliphatic heterocycles. The highest BCUT2D eigenvalue weighted by Gasteiger charge is 2.16. The van der Waals surface area contributed by atoms with E-state index in [9.17, 15) is 12.8 Å². The van der Waals surface area contributed by atoms with Crippen molar-refractivity contribution in [2.45, 2.75) is 4.90 Å². The van der Waals surface area contributed by atoms with E-state index < -0.39 is 15.8 Å². The number of nitrogen functional groups attached to an aromatic ring is 1. The molecule has 0 unspecified atom stereocenters. The van der Waals surface area contributed by atoms with Crippen molar-refractivity contribution in [2.75, 3.05) is 10.5 Å². The minimum Gasteiger partial charge on any atom is -0.399 e. The van der Waals surface area contributed by atoms with Crippen LogP contribution in [0.2, 0.25) is 5.15 Å². The van der Waals surface area contributed by atoms with Gasteiger partial charge in [-0.3, -0.25) is 4.72 Å². The van der Waals surface area contributed by atoms with Crippen LogP contribution in [0.15, 0.2) is 41.3 Å². The first-order valence-electron chi connectivity index (χ1n) is 5.08. The number of anilines is 2. The molecule has 0 aliphatic rings. The van der Waals surface area contributed by atoms with Crippen molar-refractivity contribution in [1.82, 2.24) is 4.98 Å². The molecule has 0 bridgehead atoms. The lowest BCUT2D eigenvalue weighted by atomic mass is 10.3. The number of rotatable bonds is 3. The van der Waals surface area contributed by atoms with Gasteiger partial charge in [0.05, 0.1) is 4.90 Å². The number of sulfonamides is 1. The summed E-state index contributed by atoms with van der Waals surface area (Å²) in [6.45, 7) is 0. The Balaban J connectivity index is 2.37. The van der Waals surface area contributed by atoms with E-state index in [-0.39, 0.29) is 21.6 Å². The second-order valence-electron chi connectivity index (χ2n) is 3.67. The second kappa shape index (κ2) is 5.02. The zero-order valence-electron chi connectivity index (χ0n) is 9.47. The largest absolute Gasteiger partial charge is 0.399 e. The minimum absolute atomic E-state index is 0.0134. The minimum atomic E-state index is -3.97. The third kappa shape index (κ3) is 3.33. The van der Waals surface area contributed by atoms with Gasteiger partial charge >= 0.3 is 0 Å². The zero-order chi connectivity index (χ0) is 14.0. The van der Waals surface area contributed by atoms with Gasteiger partial charge < -0.3 is 5.73 Å². The first-order valence-corrected chi connectivity index (χ1v) is 6.94. The SMILES string of the molecule is Nc1cc(F)cc(S(=O)(=O)Nc2cccc(Cl)n2)c1. The number of nitrogens with zero attached hydrogens (tertiary/aromatic N) is 1. The average molecular weight is 302 g/mol. The van der Waals surface area contributed by atoms with Crippen LogP contribution in [-0.4, -0.2) is 13.4 Å². The maximum absolute atomic E-state index is 13.2. The van der Waals surface area contributed by atoms with Crippen LogP contribution in [0.4, 0.5) is 15.9 Å². The molecule has 5 nitrogen and oxygen atoms in total. The van der Waals surface area contributed by atoms with Gasteiger partial charge in [-0.1, -0.05) is 17.7 Å². The van der Waals surface area contributed by atoms with Gasteiger partial charge in [0.15, 0.2) is 0 Å². The molecular formula is C11H9ClFN3O2S. The lowest BCUT2D eigenvalue weighted by Gasteiger charge is -2.08. The van der Waals surface area contributed by atoms with Gasteiger partial charge in [-0.15, -0.1) is 0 Å². The molecule has 0 atom stereocenters. The standard InChI is InChI=1S/C11H9ClFN3O2S/c12-10-2-1-3-11(15-10)16-19(17,18)9-5-7(13)4-8(14)6-9/h1-6H,14H2,(H,15,16). The van der Waals surface area contributed by atoms with E-state index in [4.69, 9.17) is 17.3 Å². The molecule has 8 heteroatoms. The number of aromatic nitrogens is 1. The van der Waals surface area contributed by atoms with Gasteiger partial charge in [-0.05, 0) is 30.3 Å². The zero-order valence-corrected chi connectivity index (χ0v) is 11.0. The molecule has 0 spiro atoms. The summed E-state index contributed by atoms with van der Waals surface area (Å²) < 4.78 is 39.3. The van der Waals surface area contributed by atoms with Crippen molar-refractivity contribution in [3.05, 3.63) is 47.4 Å². The Hall–Kier alpha value is -1.86. The molecule has 0 amide bonds. The molecule has 1 heterocycles. The Labute approximate surface area is 114 Å². The van der Waals surface area contributed by atoms with Crippen molar-refractivity contribution in [3.63, 3.8) is 0 Å². The van der Waals surface area contributed by atoms with Crippen LogP contribution < -0.4 is 10.5 Å². The van der Waals surface area contributed by atoms with E-state index in [0.717, 1.165) is 18.2 Å². The summed E-state index contributed by atoms with van der Waals surface area (Å²) in [5.41, 5.74) is 5.42. The van der Waals surface area contributed by atoms with Crippen LogP contribution in [0.3, 0.4) is 0 Å². The van der Waals surface area contributed by atoms with E-state index in [1.54, 1.807) is 0 Å². The van der Waals surface area contributed by atoms with Crippen LogP contribution in [0.25, 0.3) is 0 Å². The normalized spacial score (nSPS) is 11.3. The molecule has 0 saturated carbocycles. The molecule has 100 valence electrons. The van der Waals surface area contributed by atoms with Crippen LogP contribution >= 0.6 is 11.6 Å². The molecular weight excluding hydrogens is 293 g/mol. The van der Waals surface area contributed by atoms with Crippen molar-refractivity contribution >= 4 is 33.1 Å². The van der Waals surface area contributed by atoms with Gasteiger partial charge in [0.1, 0.15) is 16.8 Å². The highest BCUT2D eigenvalue weighted by Crippen LogP contribution is 2.19. The maximum Gasteiger partial charge on any atom is 0.263 e. The number of halogens is 2. The highest BCUT2D eigenvalue weighted by molar-refractivity contribution is 7.92. The van der Waals surface area contributed by atoms with E-state index >= 15 is 0 Å². The molecule has 3 N–H and O–H groups in total. The Morgan fingerprint density at radius 2 is 2.00 bits per heavy atom. The summed E-state index contributed by atoms with van der Waals surface area (Å²) >= 11 is 5.64. The number of benzene rings is 1. The predicted molar refractivity (Wildman–Crippen MR) is 70.9 cm³/mol. The Morgan fingerprint density at radius 3 is 2.63 bits per heavy atom. The number of nitrogens with two attached hydrogens (primary N) is 1. The predicted octanol–water partition coefficient (Wildman–Crippen LogP) is 2.26. The lowest BCUT2D eigenvalue weighted by molar-refractivity contribution is 0.595. The highest BCUT2D eigenvalue weighted by atomic mass is 35.5. The Kier molecular flexibility index (Phi) is 3.59. The fourth-order valence-corrected chi connectivity index (χ4v) is 2.63. The van der Waals surface area contributed by atoms with Crippen molar-refractivity contribution in [3.8, 4) is 0 Å². The molecule has 0 fully saturated rings. The van der Waals surface area contributed by atoms with E-state index in [1.165, 1.54) is 18.2 Å². The van der Waals surface area contributed by atoms with Crippen LogP contribution in [0.5, 0.6) is 0 Å². The fraction of sp³-hybridized carbons (Fsp3) is 0. The maximum atomic E-state index is 13.2. The molecule has 1 aromatic heterocycles. The molecule has 0 saturated heterocycles. The molecule has 1 aromatic carbocycles. The number of nitrogens with one attached hydrogen (secondary N) is 1. The topological polar surface area (TPSA) is 85.1 Å². The van der Waals surface area contributed by atoms with E-state index in [2.05, 4.69) is 9.71 Å². The Morgan fingerprint density at radius 1 is 1.26 bits per heavy atom. The van der Waals surface area contributed by atoms with Crippen LogP contribution in [0, 0.1) is 5.82 Å². The molecule has 0 aliphatic carbocycles. The Bertz CT molecular complexity index is 701. The van der Waals surface area contributed by atoms with E-state index in [1.807, 2.05) is 0 Å². The third-order valence-corrected chi connectivity index (χ3v) is 3.70. The number of hydrogen-bond acceptors (Lipinski definition) is 4. The first kappa shape index (κ1) is 13.6. The average Bonchev–Trinajstić information content (AvgIpc) is 2.26. The number of pyridine rings is 1. The molecule has 0 radical (unpaired) electrons. The molecule has 2 rings (SSSR count). The van der Waals surface area contributed by atoms with Gasteiger partial charge in [-0.2, -0.15) is 0 Å². The van der Waals surface area contributed by atoms with Crippen LogP contribution in [-0.2, 0) is 10.0 Å². The number of hydrogen-bond donors (Lipinski definition) is 2.